The highest BCUT2D eigenvalue weighted by molar-refractivity contribution is 5.95. The number of ether oxygens (including phenoxy) is 2. The van der Waals surface area contributed by atoms with E-state index in [-0.39, 0.29) is 24.8 Å². The number of anilines is 1. The summed E-state index contributed by atoms with van der Waals surface area (Å²) in [6, 6.07) is 14.0. The number of carbonyl (C=O) groups excluding carboxylic acids is 3. The molecule has 0 fully saturated rings. The second kappa shape index (κ2) is 10.1. The van der Waals surface area contributed by atoms with Crippen LogP contribution in [0.15, 0.2) is 48.5 Å². The van der Waals surface area contributed by atoms with Crippen LogP contribution < -0.4 is 15.0 Å². The van der Waals surface area contributed by atoms with Gasteiger partial charge in [-0.2, -0.15) is 0 Å². The molecule has 2 aromatic carbocycles. The first kappa shape index (κ1) is 21.0. The Labute approximate surface area is 164 Å². The van der Waals surface area contributed by atoms with E-state index in [9.17, 15) is 14.4 Å². The quantitative estimate of drug-likeness (QED) is 0.707. The molecule has 0 radical (unpaired) electrons. The van der Waals surface area contributed by atoms with Crippen molar-refractivity contribution in [2.45, 2.75) is 19.9 Å². The summed E-state index contributed by atoms with van der Waals surface area (Å²) in [4.78, 5) is 37.4. The summed E-state index contributed by atoms with van der Waals surface area (Å²) in [6.07, 6.45) is 0.122. The smallest absolute Gasteiger partial charge is 0.337 e. The molecule has 0 spiro atoms. The SMILES string of the molecule is COC(=O)c1cccc(N(CCC(=O)NCc2ccccc2OC)C(C)=O)c1. The number of benzene rings is 2. The molecule has 0 aromatic heterocycles. The molecule has 0 aliphatic rings. The van der Waals surface area contributed by atoms with Crippen molar-refractivity contribution < 1.29 is 23.9 Å². The van der Waals surface area contributed by atoms with Crippen molar-refractivity contribution in [3.63, 3.8) is 0 Å². The molecule has 7 heteroatoms. The molecule has 28 heavy (non-hydrogen) atoms. The molecule has 0 aliphatic carbocycles. The number of esters is 1. The van der Waals surface area contributed by atoms with Crippen LogP contribution in [0.1, 0.15) is 29.3 Å². The van der Waals surface area contributed by atoms with E-state index in [2.05, 4.69) is 5.32 Å². The number of hydrogen-bond donors (Lipinski definition) is 1. The Morgan fingerprint density at radius 2 is 1.79 bits per heavy atom. The zero-order valence-electron chi connectivity index (χ0n) is 16.2. The van der Waals surface area contributed by atoms with Crippen LogP contribution in [0, 0.1) is 0 Å². The molecule has 1 N–H and O–H groups in total. The normalized spacial score (nSPS) is 10.1. The largest absolute Gasteiger partial charge is 0.496 e. The molecule has 0 aliphatic heterocycles. The van der Waals surface area contributed by atoms with E-state index in [1.54, 1.807) is 31.4 Å². The predicted octanol–water partition coefficient (Wildman–Crippen LogP) is 2.54. The number of hydrogen-bond acceptors (Lipinski definition) is 5. The lowest BCUT2D eigenvalue weighted by atomic mass is 10.1. The average Bonchev–Trinajstić information content (AvgIpc) is 2.71. The van der Waals surface area contributed by atoms with Crippen LogP contribution in [-0.2, 0) is 20.9 Å². The lowest BCUT2D eigenvalue weighted by Gasteiger charge is -2.21. The monoisotopic (exact) mass is 384 g/mol. The molecule has 0 heterocycles. The second-order valence-electron chi connectivity index (χ2n) is 6.05. The van der Waals surface area contributed by atoms with Gasteiger partial charge in [-0.25, -0.2) is 4.79 Å². The third-order valence-electron chi connectivity index (χ3n) is 4.19. The molecular weight excluding hydrogens is 360 g/mol. The first-order valence-electron chi connectivity index (χ1n) is 8.81. The molecule has 0 atom stereocenters. The molecule has 2 rings (SSSR count). The minimum Gasteiger partial charge on any atom is -0.496 e. The van der Waals surface area contributed by atoms with Crippen LogP contribution in [0.4, 0.5) is 5.69 Å². The van der Waals surface area contributed by atoms with Gasteiger partial charge in [0.15, 0.2) is 0 Å². The van der Waals surface area contributed by atoms with E-state index in [4.69, 9.17) is 9.47 Å². The van der Waals surface area contributed by atoms with Gasteiger partial charge in [0, 0.05) is 37.7 Å². The fraction of sp³-hybridized carbons (Fsp3) is 0.286. The maximum absolute atomic E-state index is 12.2. The van der Waals surface area contributed by atoms with Crippen LogP contribution in [0.5, 0.6) is 5.75 Å². The highest BCUT2D eigenvalue weighted by Crippen LogP contribution is 2.18. The molecule has 148 valence electrons. The number of amides is 2. The second-order valence-corrected chi connectivity index (χ2v) is 6.05. The summed E-state index contributed by atoms with van der Waals surface area (Å²) >= 11 is 0. The Balaban J connectivity index is 1.99. The van der Waals surface area contributed by atoms with Gasteiger partial charge in [-0.05, 0) is 24.3 Å². The molecule has 0 bridgehead atoms. The highest BCUT2D eigenvalue weighted by Gasteiger charge is 2.16. The summed E-state index contributed by atoms with van der Waals surface area (Å²) in [6.45, 7) is 1.94. The number of para-hydroxylation sites is 1. The molecule has 0 unspecified atom stereocenters. The van der Waals surface area contributed by atoms with E-state index in [0.29, 0.717) is 23.5 Å². The Hall–Kier alpha value is -3.35. The molecule has 2 amide bonds. The van der Waals surface area contributed by atoms with Crippen molar-refractivity contribution >= 4 is 23.5 Å². The van der Waals surface area contributed by atoms with Crippen LogP contribution in [0.25, 0.3) is 0 Å². The predicted molar refractivity (Wildman–Crippen MR) is 105 cm³/mol. The van der Waals surface area contributed by atoms with E-state index < -0.39 is 5.97 Å². The van der Waals surface area contributed by atoms with Crippen LogP contribution in [-0.4, -0.2) is 38.5 Å². The van der Waals surface area contributed by atoms with Gasteiger partial charge in [-0.3, -0.25) is 9.59 Å². The topological polar surface area (TPSA) is 84.9 Å². The molecule has 0 saturated carbocycles. The third-order valence-corrected chi connectivity index (χ3v) is 4.19. The fourth-order valence-electron chi connectivity index (χ4n) is 2.73. The van der Waals surface area contributed by atoms with Gasteiger partial charge in [0.1, 0.15) is 5.75 Å². The standard InChI is InChI=1S/C21H24N2O5/c1-15(24)23(18-9-6-8-16(13-18)21(26)28-3)12-11-20(25)22-14-17-7-4-5-10-19(17)27-2/h4-10,13H,11-12,14H2,1-3H3,(H,22,25). The maximum atomic E-state index is 12.2. The Kier molecular flexibility index (Phi) is 7.56. The van der Waals surface area contributed by atoms with Gasteiger partial charge in [0.2, 0.25) is 11.8 Å². The highest BCUT2D eigenvalue weighted by atomic mass is 16.5. The van der Waals surface area contributed by atoms with Gasteiger partial charge in [-0.15, -0.1) is 0 Å². The number of nitrogens with zero attached hydrogens (tertiary/aromatic N) is 1. The van der Waals surface area contributed by atoms with Crippen LogP contribution in [0.3, 0.4) is 0 Å². The number of methoxy groups -OCH3 is 2. The minimum atomic E-state index is -0.486. The third kappa shape index (κ3) is 5.57. The summed E-state index contributed by atoms with van der Waals surface area (Å²) in [5.41, 5.74) is 1.74. The van der Waals surface area contributed by atoms with Gasteiger partial charge in [0.05, 0.1) is 19.8 Å². The molecule has 0 saturated heterocycles. The van der Waals surface area contributed by atoms with Crippen molar-refractivity contribution in [2.24, 2.45) is 0 Å². The molecule has 7 nitrogen and oxygen atoms in total. The summed E-state index contributed by atoms with van der Waals surface area (Å²) in [5.74, 6) is -0.200. The zero-order valence-corrected chi connectivity index (χ0v) is 16.2. The van der Waals surface area contributed by atoms with E-state index >= 15 is 0 Å². The fourth-order valence-corrected chi connectivity index (χ4v) is 2.73. The van der Waals surface area contributed by atoms with Crippen molar-refractivity contribution in [3.05, 3.63) is 59.7 Å². The van der Waals surface area contributed by atoms with Crippen molar-refractivity contribution in [2.75, 3.05) is 25.7 Å². The Bertz CT molecular complexity index is 850. The van der Waals surface area contributed by atoms with Gasteiger partial charge < -0.3 is 19.7 Å². The number of rotatable bonds is 8. The molecule has 2 aromatic rings. The van der Waals surface area contributed by atoms with Gasteiger partial charge in [-0.1, -0.05) is 24.3 Å². The summed E-state index contributed by atoms with van der Waals surface area (Å²) < 4.78 is 9.97. The Morgan fingerprint density at radius 3 is 2.46 bits per heavy atom. The van der Waals surface area contributed by atoms with Gasteiger partial charge >= 0.3 is 5.97 Å². The Morgan fingerprint density at radius 1 is 1.04 bits per heavy atom. The van der Waals surface area contributed by atoms with Crippen molar-refractivity contribution in [1.82, 2.24) is 5.32 Å². The van der Waals surface area contributed by atoms with Crippen molar-refractivity contribution in [1.29, 1.82) is 0 Å². The maximum Gasteiger partial charge on any atom is 0.337 e. The van der Waals surface area contributed by atoms with E-state index in [1.165, 1.54) is 18.9 Å². The van der Waals surface area contributed by atoms with Crippen LogP contribution >= 0.6 is 0 Å². The van der Waals surface area contributed by atoms with E-state index in [1.807, 2.05) is 24.3 Å². The number of carbonyl (C=O) groups is 3. The number of nitrogens with one attached hydrogen (secondary N) is 1. The first-order chi connectivity index (χ1) is 13.5. The summed E-state index contributed by atoms with van der Waals surface area (Å²) in [7, 11) is 2.87. The average molecular weight is 384 g/mol. The van der Waals surface area contributed by atoms with Gasteiger partial charge in [0.25, 0.3) is 0 Å². The lowest BCUT2D eigenvalue weighted by Crippen LogP contribution is -2.33. The first-order valence-corrected chi connectivity index (χ1v) is 8.81. The van der Waals surface area contributed by atoms with Crippen LogP contribution in [0.2, 0.25) is 0 Å². The molecular formula is C21H24N2O5. The lowest BCUT2D eigenvalue weighted by molar-refractivity contribution is -0.121. The van der Waals surface area contributed by atoms with Crippen molar-refractivity contribution in [3.8, 4) is 5.75 Å². The minimum absolute atomic E-state index is 0.122. The zero-order chi connectivity index (χ0) is 20.5. The summed E-state index contributed by atoms with van der Waals surface area (Å²) in [5, 5.41) is 2.83. The van der Waals surface area contributed by atoms with E-state index in [0.717, 1.165) is 5.56 Å².